The number of benzene rings is 1. The van der Waals surface area contributed by atoms with Crippen molar-refractivity contribution in [1.82, 2.24) is 4.31 Å². The van der Waals surface area contributed by atoms with E-state index in [4.69, 9.17) is 23.4 Å². The van der Waals surface area contributed by atoms with E-state index in [0.29, 0.717) is 22.8 Å². The molecule has 0 amide bonds. The first-order valence-electron chi connectivity index (χ1n) is 8.18. The molecule has 1 aromatic carbocycles. The lowest BCUT2D eigenvalue weighted by Gasteiger charge is -2.13. The standard InChI is InChI=1S/C18H23NO8S/c1-19(2)28(21,22)17-7-6-13(27-17)11-26-16(20)10-12-8-14(23-3)18(25-5)15(9-12)24-4/h6-9H,10-11H2,1-5H3. The van der Waals surface area contributed by atoms with Crippen molar-refractivity contribution in [2.75, 3.05) is 35.4 Å². The molecule has 0 unspecified atom stereocenters. The third kappa shape index (κ3) is 4.76. The molecule has 28 heavy (non-hydrogen) atoms. The van der Waals surface area contributed by atoms with Crippen molar-refractivity contribution < 1.29 is 36.6 Å². The van der Waals surface area contributed by atoms with Crippen LogP contribution >= 0.6 is 0 Å². The highest BCUT2D eigenvalue weighted by Gasteiger charge is 2.22. The normalized spacial score (nSPS) is 11.4. The van der Waals surface area contributed by atoms with Crippen molar-refractivity contribution >= 4 is 16.0 Å². The molecule has 0 N–H and O–H groups in total. The van der Waals surface area contributed by atoms with Gasteiger partial charge >= 0.3 is 5.97 Å². The van der Waals surface area contributed by atoms with Gasteiger partial charge in [-0.2, -0.15) is 0 Å². The summed E-state index contributed by atoms with van der Waals surface area (Å²) >= 11 is 0. The number of esters is 1. The molecule has 2 rings (SSSR count). The summed E-state index contributed by atoms with van der Waals surface area (Å²) in [6, 6.07) is 6.06. The number of nitrogens with zero attached hydrogens (tertiary/aromatic N) is 1. The fourth-order valence-electron chi connectivity index (χ4n) is 2.36. The Labute approximate surface area is 163 Å². The van der Waals surface area contributed by atoms with Gasteiger partial charge in [-0.15, -0.1) is 0 Å². The van der Waals surface area contributed by atoms with Crippen LogP contribution in [0.3, 0.4) is 0 Å². The largest absolute Gasteiger partial charge is 0.493 e. The van der Waals surface area contributed by atoms with Crippen molar-refractivity contribution in [3.8, 4) is 17.2 Å². The van der Waals surface area contributed by atoms with Gasteiger partial charge < -0.3 is 23.4 Å². The fraction of sp³-hybridized carbons (Fsp3) is 0.389. The molecule has 2 aromatic rings. The number of furan rings is 1. The predicted octanol–water partition coefficient (Wildman–Crippen LogP) is 1.84. The van der Waals surface area contributed by atoms with Crippen molar-refractivity contribution in [1.29, 1.82) is 0 Å². The minimum absolute atomic E-state index is 0.0414. The molecule has 0 aliphatic heterocycles. The summed E-state index contributed by atoms with van der Waals surface area (Å²) in [5.74, 6) is 0.970. The number of carbonyl (C=O) groups is 1. The molecule has 10 heteroatoms. The van der Waals surface area contributed by atoms with E-state index < -0.39 is 16.0 Å². The molecule has 1 heterocycles. The molecule has 0 spiro atoms. The maximum absolute atomic E-state index is 12.1. The van der Waals surface area contributed by atoms with Crippen molar-refractivity contribution in [2.24, 2.45) is 0 Å². The summed E-state index contributed by atoms with van der Waals surface area (Å²) in [5, 5.41) is -0.215. The monoisotopic (exact) mass is 413 g/mol. The summed E-state index contributed by atoms with van der Waals surface area (Å²) in [5.41, 5.74) is 0.606. The molecule has 9 nitrogen and oxygen atoms in total. The van der Waals surface area contributed by atoms with Gasteiger partial charge in [0.25, 0.3) is 10.0 Å². The van der Waals surface area contributed by atoms with Gasteiger partial charge in [0.05, 0.1) is 27.8 Å². The molecule has 0 saturated carbocycles. The van der Waals surface area contributed by atoms with Gasteiger partial charge in [-0.1, -0.05) is 0 Å². The van der Waals surface area contributed by atoms with Crippen LogP contribution in [0.2, 0.25) is 0 Å². The first-order chi connectivity index (χ1) is 13.2. The molecule has 0 bridgehead atoms. The van der Waals surface area contributed by atoms with Gasteiger partial charge in [-0.3, -0.25) is 4.79 Å². The van der Waals surface area contributed by atoms with Crippen LogP contribution in [0.5, 0.6) is 17.2 Å². The number of methoxy groups -OCH3 is 3. The van der Waals surface area contributed by atoms with Gasteiger partial charge in [0.2, 0.25) is 10.8 Å². The number of rotatable bonds is 9. The fourth-order valence-corrected chi connectivity index (χ4v) is 3.17. The zero-order valence-corrected chi connectivity index (χ0v) is 17.2. The van der Waals surface area contributed by atoms with Gasteiger partial charge in [-0.05, 0) is 29.8 Å². The van der Waals surface area contributed by atoms with E-state index in [2.05, 4.69) is 0 Å². The van der Waals surface area contributed by atoms with Crippen LogP contribution in [0.15, 0.2) is 33.8 Å². The molecule has 0 aliphatic rings. The Morgan fingerprint density at radius 3 is 2.14 bits per heavy atom. The van der Waals surface area contributed by atoms with Crippen LogP contribution in [-0.4, -0.2) is 54.1 Å². The van der Waals surface area contributed by atoms with E-state index in [1.165, 1.54) is 47.6 Å². The lowest BCUT2D eigenvalue weighted by Crippen LogP contribution is -2.21. The highest BCUT2D eigenvalue weighted by atomic mass is 32.2. The number of hydrogen-bond donors (Lipinski definition) is 0. The van der Waals surface area contributed by atoms with Crippen molar-refractivity contribution in [3.63, 3.8) is 0 Å². The van der Waals surface area contributed by atoms with E-state index in [-0.39, 0.29) is 23.9 Å². The Bertz CT molecular complexity index is 908. The Hall–Kier alpha value is -2.72. The molecular formula is C18H23NO8S. The number of hydrogen-bond acceptors (Lipinski definition) is 8. The summed E-state index contributed by atoms with van der Waals surface area (Å²) in [4.78, 5) is 12.1. The topological polar surface area (TPSA) is 105 Å². The zero-order valence-electron chi connectivity index (χ0n) is 16.3. The number of sulfonamides is 1. The first kappa shape index (κ1) is 21.6. The Balaban J connectivity index is 2.05. The van der Waals surface area contributed by atoms with E-state index >= 15 is 0 Å². The second kappa shape index (κ2) is 8.98. The number of ether oxygens (including phenoxy) is 4. The summed E-state index contributed by atoms with van der Waals surface area (Å²) in [6.45, 7) is -0.188. The van der Waals surface area contributed by atoms with Gasteiger partial charge in [0.1, 0.15) is 12.4 Å². The number of carbonyl (C=O) groups excluding carboxylic acids is 1. The molecular weight excluding hydrogens is 390 g/mol. The van der Waals surface area contributed by atoms with Gasteiger partial charge in [0, 0.05) is 14.1 Å². The van der Waals surface area contributed by atoms with Gasteiger partial charge in [-0.25, -0.2) is 12.7 Å². The van der Waals surface area contributed by atoms with Crippen LogP contribution in [0.4, 0.5) is 0 Å². The summed E-state index contributed by atoms with van der Waals surface area (Å²) < 4.78 is 51.2. The summed E-state index contributed by atoms with van der Waals surface area (Å²) in [6.07, 6.45) is -0.0414. The minimum atomic E-state index is -3.68. The second-order valence-electron chi connectivity index (χ2n) is 5.88. The highest BCUT2D eigenvalue weighted by molar-refractivity contribution is 7.88. The first-order valence-corrected chi connectivity index (χ1v) is 9.62. The zero-order chi connectivity index (χ0) is 20.9. The molecule has 154 valence electrons. The van der Waals surface area contributed by atoms with Crippen LogP contribution in [-0.2, 0) is 32.6 Å². The van der Waals surface area contributed by atoms with Crippen molar-refractivity contribution in [3.05, 3.63) is 35.6 Å². The second-order valence-corrected chi connectivity index (χ2v) is 7.96. The molecule has 0 atom stereocenters. The van der Waals surface area contributed by atoms with E-state index in [0.717, 1.165) is 4.31 Å². The molecule has 0 radical (unpaired) electrons. The predicted molar refractivity (Wildman–Crippen MR) is 99.2 cm³/mol. The van der Waals surface area contributed by atoms with E-state index in [9.17, 15) is 13.2 Å². The maximum Gasteiger partial charge on any atom is 0.310 e. The molecule has 0 saturated heterocycles. The Kier molecular flexibility index (Phi) is 6.92. The SMILES string of the molecule is COc1cc(CC(=O)OCc2ccc(S(=O)(=O)N(C)C)o2)cc(OC)c1OC. The highest BCUT2D eigenvalue weighted by Crippen LogP contribution is 2.38. The lowest BCUT2D eigenvalue weighted by molar-refractivity contribution is -0.144. The van der Waals surface area contributed by atoms with Crippen molar-refractivity contribution in [2.45, 2.75) is 18.1 Å². The maximum atomic E-state index is 12.1. The van der Waals surface area contributed by atoms with Crippen LogP contribution < -0.4 is 14.2 Å². The third-order valence-corrected chi connectivity index (χ3v) is 5.51. The molecule has 0 fully saturated rings. The molecule has 1 aromatic heterocycles. The molecule has 0 aliphatic carbocycles. The Morgan fingerprint density at radius 1 is 1.04 bits per heavy atom. The van der Waals surface area contributed by atoms with Crippen LogP contribution in [0.1, 0.15) is 11.3 Å². The summed E-state index contributed by atoms with van der Waals surface area (Å²) in [7, 11) is 3.57. The lowest BCUT2D eigenvalue weighted by atomic mass is 10.1. The van der Waals surface area contributed by atoms with E-state index in [1.807, 2.05) is 0 Å². The van der Waals surface area contributed by atoms with Crippen LogP contribution in [0.25, 0.3) is 0 Å². The Morgan fingerprint density at radius 2 is 1.64 bits per heavy atom. The smallest absolute Gasteiger partial charge is 0.310 e. The average molecular weight is 413 g/mol. The van der Waals surface area contributed by atoms with Gasteiger partial charge in [0.15, 0.2) is 11.5 Å². The quantitative estimate of drug-likeness (QED) is 0.574. The third-order valence-electron chi connectivity index (χ3n) is 3.82. The average Bonchev–Trinajstić information content (AvgIpc) is 3.15. The van der Waals surface area contributed by atoms with E-state index in [1.54, 1.807) is 12.1 Å². The van der Waals surface area contributed by atoms with Crippen LogP contribution in [0, 0.1) is 0 Å². The minimum Gasteiger partial charge on any atom is -0.493 e.